The summed E-state index contributed by atoms with van der Waals surface area (Å²) in [5.74, 6) is 0.534. The molecule has 0 unspecified atom stereocenters. The van der Waals surface area contributed by atoms with Gasteiger partial charge in [-0.1, -0.05) is 6.92 Å². The van der Waals surface area contributed by atoms with Crippen molar-refractivity contribution in [3.8, 4) is 0 Å². The van der Waals surface area contributed by atoms with E-state index in [1.807, 2.05) is 33.8 Å². The lowest BCUT2D eigenvalue weighted by Gasteiger charge is -2.32. The molecule has 1 aromatic rings. The highest BCUT2D eigenvalue weighted by Gasteiger charge is 2.52. The standard InChI is InChI=1S/C13H21BN2O2/c1-6-9-7-11(15)16-8-10(9)14-17-12(2,3)13(4,5)18-14/h7-8H,6H2,1-5H3,(H2,15,16). The van der Waals surface area contributed by atoms with Gasteiger partial charge in [-0.15, -0.1) is 0 Å². The number of pyridine rings is 1. The van der Waals surface area contributed by atoms with E-state index in [4.69, 9.17) is 15.0 Å². The first-order valence-corrected chi connectivity index (χ1v) is 6.37. The number of aromatic nitrogens is 1. The molecule has 0 aliphatic carbocycles. The Kier molecular flexibility index (Phi) is 3.15. The molecule has 98 valence electrons. The van der Waals surface area contributed by atoms with Gasteiger partial charge in [0.1, 0.15) is 5.82 Å². The molecule has 2 heterocycles. The number of rotatable bonds is 2. The second kappa shape index (κ2) is 4.25. The van der Waals surface area contributed by atoms with E-state index in [-0.39, 0.29) is 18.3 Å². The van der Waals surface area contributed by atoms with E-state index in [0.717, 1.165) is 17.4 Å². The first-order valence-electron chi connectivity index (χ1n) is 6.37. The summed E-state index contributed by atoms with van der Waals surface area (Å²) in [6.45, 7) is 10.3. The first-order chi connectivity index (χ1) is 8.27. The molecule has 5 heteroatoms. The number of nitrogen functional groups attached to an aromatic ring is 1. The predicted molar refractivity (Wildman–Crippen MR) is 73.7 cm³/mol. The van der Waals surface area contributed by atoms with Crippen LogP contribution in [0.1, 0.15) is 40.2 Å². The fourth-order valence-corrected chi connectivity index (χ4v) is 2.01. The number of nitrogens with zero attached hydrogens (tertiary/aromatic N) is 1. The Morgan fingerprint density at radius 1 is 1.22 bits per heavy atom. The van der Waals surface area contributed by atoms with Gasteiger partial charge in [-0.3, -0.25) is 0 Å². The van der Waals surface area contributed by atoms with Crippen LogP contribution in [0, 0.1) is 0 Å². The van der Waals surface area contributed by atoms with Gasteiger partial charge in [-0.2, -0.15) is 0 Å². The lowest BCUT2D eigenvalue weighted by Crippen LogP contribution is -2.41. The highest BCUT2D eigenvalue weighted by Crippen LogP contribution is 2.36. The fourth-order valence-electron chi connectivity index (χ4n) is 2.01. The minimum absolute atomic E-state index is 0.329. The number of anilines is 1. The molecule has 0 spiro atoms. The van der Waals surface area contributed by atoms with Crippen LogP contribution in [0.3, 0.4) is 0 Å². The van der Waals surface area contributed by atoms with E-state index in [1.54, 1.807) is 6.20 Å². The van der Waals surface area contributed by atoms with E-state index in [1.165, 1.54) is 0 Å². The molecule has 0 bridgehead atoms. The molecule has 1 saturated heterocycles. The summed E-state index contributed by atoms with van der Waals surface area (Å²) in [6.07, 6.45) is 2.64. The van der Waals surface area contributed by atoms with Crippen LogP contribution in [-0.4, -0.2) is 23.3 Å². The molecule has 0 atom stereocenters. The van der Waals surface area contributed by atoms with Gasteiger partial charge in [-0.05, 0) is 45.7 Å². The quantitative estimate of drug-likeness (QED) is 0.806. The summed E-state index contributed by atoms with van der Waals surface area (Å²) < 4.78 is 12.1. The van der Waals surface area contributed by atoms with Gasteiger partial charge >= 0.3 is 7.12 Å². The van der Waals surface area contributed by atoms with Crippen LogP contribution in [-0.2, 0) is 15.7 Å². The highest BCUT2D eigenvalue weighted by molar-refractivity contribution is 6.62. The molecular weight excluding hydrogens is 227 g/mol. The summed E-state index contributed by atoms with van der Waals surface area (Å²) in [5, 5.41) is 0. The van der Waals surface area contributed by atoms with Crippen molar-refractivity contribution in [1.82, 2.24) is 4.98 Å². The van der Waals surface area contributed by atoms with Gasteiger partial charge in [-0.25, -0.2) is 4.98 Å². The Balaban J connectivity index is 2.35. The SMILES string of the molecule is CCc1cc(N)ncc1B1OC(C)(C)C(C)(C)O1. The normalized spacial score (nSPS) is 21.3. The van der Waals surface area contributed by atoms with Crippen molar-refractivity contribution >= 4 is 18.4 Å². The van der Waals surface area contributed by atoms with Crippen LogP contribution in [0.15, 0.2) is 12.3 Å². The van der Waals surface area contributed by atoms with Crippen LogP contribution in [0.5, 0.6) is 0 Å². The monoisotopic (exact) mass is 248 g/mol. The smallest absolute Gasteiger partial charge is 0.399 e. The maximum atomic E-state index is 6.03. The zero-order chi connectivity index (χ0) is 13.6. The zero-order valence-corrected chi connectivity index (χ0v) is 11.8. The molecule has 4 nitrogen and oxygen atoms in total. The lowest BCUT2D eigenvalue weighted by atomic mass is 9.76. The Morgan fingerprint density at radius 2 is 1.78 bits per heavy atom. The van der Waals surface area contributed by atoms with E-state index in [2.05, 4.69) is 11.9 Å². The molecular formula is C13H21BN2O2. The van der Waals surface area contributed by atoms with Gasteiger partial charge in [0.15, 0.2) is 0 Å². The van der Waals surface area contributed by atoms with Gasteiger partial charge in [0.05, 0.1) is 11.2 Å². The molecule has 1 fully saturated rings. The molecule has 18 heavy (non-hydrogen) atoms. The summed E-state index contributed by atoms with van der Waals surface area (Å²) >= 11 is 0. The average Bonchev–Trinajstić information content (AvgIpc) is 2.47. The van der Waals surface area contributed by atoms with Crippen molar-refractivity contribution in [2.75, 3.05) is 5.73 Å². The Morgan fingerprint density at radius 3 is 2.28 bits per heavy atom. The van der Waals surface area contributed by atoms with Gasteiger partial charge < -0.3 is 15.0 Å². The van der Waals surface area contributed by atoms with Gasteiger partial charge in [0.2, 0.25) is 0 Å². The Labute approximate surface area is 109 Å². The third-order valence-corrected chi connectivity index (χ3v) is 3.93. The van der Waals surface area contributed by atoms with Crippen molar-refractivity contribution in [1.29, 1.82) is 0 Å². The van der Waals surface area contributed by atoms with Crippen LogP contribution in [0.4, 0.5) is 5.82 Å². The highest BCUT2D eigenvalue weighted by atomic mass is 16.7. The molecule has 0 aromatic carbocycles. The molecule has 1 aromatic heterocycles. The first kappa shape index (κ1) is 13.4. The summed E-state index contributed by atoms with van der Waals surface area (Å²) in [7, 11) is -0.363. The van der Waals surface area contributed by atoms with E-state index in [9.17, 15) is 0 Å². The Bertz CT molecular complexity index is 444. The van der Waals surface area contributed by atoms with Crippen molar-refractivity contribution in [3.63, 3.8) is 0 Å². The number of hydrogen-bond donors (Lipinski definition) is 1. The third kappa shape index (κ3) is 2.13. The van der Waals surface area contributed by atoms with Crippen molar-refractivity contribution in [2.24, 2.45) is 0 Å². The average molecular weight is 248 g/mol. The summed E-state index contributed by atoms with van der Waals surface area (Å²) in [6, 6.07) is 1.89. The predicted octanol–water partition coefficient (Wildman–Crippen LogP) is 1.53. The second-order valence-electron chi connectivity index (χ2n) is 5.75. The summed E-state index contributed by atoms with van der Waals surface area (Å²) in [5.41, 5.74) is 7.16. The molecule has 0 radical (unpaired) electrons. The Hall–Kier alpha value is -1.07. The minimum atomic E-state index is -0.363. The van der Waals surface area contributed by atoms with E-state index in [0.29, 0.717) is 5.82 Å². The van der Waals surface area contributed by atoms with Crippen molar-refractivity contribution in [3.05, 3.63) is 17.8 Å². The van der Waals surface area contributed by atoms with Crippen LogP contribution >= 0.6 is 0 Å². The molecule has 0 saturated carbocycles. The fraction of sp³-hybridized carbons (Fsp3) is 0.615. The van der Waals surface area contributed by atoms with Crippen molar-refractivity contribution < 1.29 is 9.31 Å². The second-order valence-corrected chi connectivity index (χ2v) is 5.75. The topological polar surface area (TPSA) is 57.4 Å². The van der Waals surface area contributed by atoms with E-state index < -0.39 is 0 Å². The molecule has 1 aliphatic heterocycles. The minimum Gasteiger partial charge on any atom is -0.399 e. The van der Waals surface area contributed by atoms with Crippen LogP contribution < -0.4 is 11.2 Å². The molecule has 1 aliphatic rings. The van der Waals surface area contributed by atoms with Crippen LogP contribution in [0.25, 0.3) is 0 Å². The largest absolute Gasteiger partial charge is 0.496 e. The van der Waals surface area contributed by atoms with Crippen LogP contribution in [0.2, 0.25) is 0 Å². The van der Waals surface area contributed by atoms with Gasteiger partial charge in [0, 0.05) is 11.7 Å². The molecule has 2 rings (SSSR count). The van der Waals surface area contributed by atoms with Crippen molar-refractivity contribution in [2.45, 2.75) is 52.2 Å². The lowest BCUT2D eigenvalue weighted by molar-refractivity contribution is 0.00578. The number of aryl methyl sites for hydroxylation is 1. The maximum Gasteiger partial charge on any atom is 0.496 e. The number of hydrogen-bond acceptors (Lipinski definition) is 4. The molecule has 0 amide bonds. The third-order valence-electron chi connectivity index (χ3n) is 3.93. The van der Waals surface area contributed by atoms with E-state index >= 15 is 0 Å². The van der Waals surface area contributed by atoms with Gasteiger partial charge in [0.25, 0.3) is 0 Å². The molecule has 2 N–H and O–H groups in total. The zero-order valence-electron chi connectivity index (χ0n) is 11.8. The number of nitrogens with two attached hydrogens (primary N) is 1. The summed E-state index contributed by atoms with van der Waals surface area (Å²) in [4.78, 5) is 4.15. The maximum absolute atomic E-state index is 6.03.